The van der Waals surface area contributed by atoms with Crippen LogP contribution in [-0.4, -0.2) is 0 Å². The summed E-state index contributed by atoms with van der Waals surface area (Å²) in [7, 11) is 0. The van der Waals surface area contributed by atoms with E-state index in [4.69, 9.17) is 0 Å². The lowest BCUT2D eigenvalue weighted by molar-refractivity contribution is 1.50. The fourth-order valence-electron chi connectivity index (χ4n) is 2.02. The number of allylic oxidation sites excluding steroid dienone is 5. The molecule has 0 aliphatic heterocycles. The zero-order chi connectivity index (χ0) is 15.5. The van der Waals surface area contributed by atoms with E-state index >= 15 is 0 Å². The lowest BCUT2D eigenvalue weighted by Crippen LogP contribution is -1.84. The molecule has 0 radical (unpaired) electrons. The van der Waals surface area contributed by atoms with Crippen LogP contribution in [0.2, 0.25) is 0 Å². The van der Waals surface area contributed by atoms with Crippen molar-refractivity contribution in [3.8, 4) is 0 Å². The third-order valence-electron chi connectivity index (χ3n) is 3.06. The summed E-state index contributed by atoms with van der Waals surface area (Å²) in [5.41, 5.74) is 4.75. The van der Waals surface area contributed by atoms with Gasteiger partial charge in [0, 0.05) is 0 Å². The smallest absolute Gasteiger partial charge is 0.0184 e. The van der Waals surface area contributed by atoms with E-state index in [0.29, 0.717) is 0 Å². The highest BCUT2D eigenvalue weighted by Crippen LogP contribution is 2.23. The second-order valence-electron chi connectivity index (χ2n) is 4.28. The summed E-state index contributed by atoms with van der Waals surface area (Å²) < 4.78 is 0. The summed E-state index contributed by atoms with van der Waals surface area (Å²) in [6, 6.07) is 20.7. The molecule has 108 valence electrons. The highest BCUT2D eigenvalue weighted by Gasteiger charge is 2.00. The summed E-state index contributed by atoms with van der Waals surface area (Å²) in [6.45, 7) is 9.98. The molecule has 0 fully saturated rings. The molecule has 0 nitrogen and oxygen atoms in total. The van der Waals surface area contributed by atoms with Gasteiger partial charge in [-0.1, -0.05) is 93.2 Å². The van der Waals surface area contributed by atoms with Gasteiger partial charge in [-0.3, -0.25) is 0 Å². The average Bonchev–Trinajstić information content (AvgIpc) is 2.59. The van der Waals surface area contributed by atoms with Crippen LogP contribution >= 0.6 is 0 Å². The van der Waals surface area contributed by atoms with Gasteiger partial charge in [0.05, 0.1) is 0 Å². The predicted molar refractivity (Wildman–Crippen MR) is 96.1 cm³/mol. The Bertz CT molecular complexity index is 586. The molecule has 2 aromatic carbocycles. The largest absolute Gasteiger partial charge is 0.0984 e. The maximum Gasteiger partial charge on any atom is -0.0184 e. The van der Waals surface area contributed by atoms with Gasteiger partial charge < -0.3 is 0 Å². The predicted octanol–water partition coefficient (Wildman–Crippen LogP) is 6.39. The van der Waals surface area contributed by atoms with Crippen LogP contribution in [0.15, 0.2) is 85.5 Å². The Balaban J connectivity index is 0.00000106. The molecule has 2 aromatic rings. The van der Waals surface area contributed by atoms with Crippen molar-refractivity contribution in [1.82, 2.24) is 0 Å². The lowest BCUT2D eigenvalue weighted by Gasteiger charge is -2.06. The molecule has 0 heteroatoms. The first kappa shape index (κ1) is 16.7. The van der Waals surface area contributed by atoms with Crippen molar-refractivity contribution < 1.29 is 0 Å². The normalized spacial score (nSPS) is 11.4. The Hall–Kier alpha value is -2.34. The van der Waals surface area contributed by atoms with Crippen LogP contribution in [-0.2, 0) is 0 Å². The van der Waals surface area contributed by atoms with E-state index in [1.54, 1.807) is 0 Å². The van der Waals surface area contributed by atoms with Crippen molar-refractivity contribution in [1.29, 1.82) is 0 Å². The Morgan fingerprint density at radius 3 is 1.57 bits per heavy atom. The first-order valence-electron chi connectivity index (χ1n) is 7.46. The molecular formula is C21H24. The molecule has 0 aliphatic rings. The molecule has 0 aromatic heterocycles. The number of hydrogen-bond acceptors (Lipinski definition) is 0. The molecule has 2 rings (SSSR count). The quantitative estimate of drug-likeness (QED) is 0.568. The van der Waals surface area contributed by atoms with Crippen LogP contribution in [0.25, 0.3) is 11.1 Å². The molecule has 0 N–H and O–H groups in total. The fraction of sp³-hybridized carbons (Fsp3) is 0.143. The summed E-state index contributed by atoms with van der Waals surface area (Å²) >= 11 is 0. The van der Waals surface area contributed by atoms with Gasteiger partial charge in [-0.05, 0) is 35.3 Å². The molecule has 0 heterocycles. The Morgan fingerprint density at radius 1 is 0.762 bits per heavy atom. The maximum atomic E-state index is 3.92. The van der Waals surface area contributed by atoms with Crippen molar-refractivity contribution >= 4 is 11.1 Å². The number of benzene rings is 2. The van der Waals surface area contributed by atoms with E-state index in [1.807, 2.05) is 44.2 Å². The molecule has 0 saturated heterocycles. The zero-order valence-corrected chi connectivity index (χ0v) is 13.2. The molecule has 0 bridgehead atoms. The third kappa shape index (κ3) is 4.92. The molecule has 0 spiro atoms. The van der Waals surface area contributed by atoms with Crippen molar-refractivity contribution in [2.24, 2.45) is 0 Å². The zero-order valence-electron chi connectivity index (χ0n) is 13.2. The lowest BCUT2D eigenvalue weighted by atomic mass is 9.99. The SMILES string of the molecule is C=C/C(=C\C(=C/C)c1ccccc1)c1ccccc1.CC. The standard InChI is InChI=1S/C19H18.C2H6/c1-3-16(18-11-7-5-8-12-18)15-17(4-2)19-13-9-6-10-14-19;1-2/h3-15H,1H2,2H3;1-2H3/b16-15+,17-4+;. The van der Waals surface area contributed by atoms with Crippen molar-refractivity contribution in [3.63, 3.8) is 0 Å². The van der Waals surface area contributed by atoms with Crippen molar-refractivity contribution in [2.45, 2.75) is 20.8 Å². The summed E-state index contributed by atoms with van der Waals surface area (Å²) in [5, 5.41) is 0. The molecule has 0 aliphatic carbocycles. The Morgan fingerprint density at radius 2 is 1.19 bits per heavy atom. The van der Waals surface area contributed by atoms with Crippen LogP contribution in [0, 0.1) is 0 Å². The number of rotatable bonds is 4. The monoisotopic (exact) mass is 276 g/mol. The van der Waals surface area contributed by atoms with E-state index in [1.165, 1.54) is 16.7 Å². The van der Waals surface area contributed by atoms with Crippen LogP contribution in [0.4, 0.5) is 0 Å². The van der Waals surface area contributed by atoms with Crippen molar-refractivity contribution in [2.75, 3.05) is 0 Å². The van der Waals surface area contributed by atoms with E-state index < -0.39 is 0 Å². The Kier molecular flexibility index (Phi) is 7.60. The maximum absolute atomic E-state index is 3.92. The minimum atomic E-state index is 1.14. The van der Waals surface area contributed by atoms with E-state index in [-0.39, 0.29) is 0 Å². The van der Waals surface area contributed by atoms with Crippen LogP contribution in [0.1, 0.15) is 31.9 Å². The molecular weight excluding hydrogens is 252 g/mol. The van der Waals surface area contributed by atoms with Gasteiger partial charge in [0.15, 0.2) is 0 Å². The molecule has 0 saturated carbocycles. The molecule has 0 atom stereocenters. The number of hydrogen-bond donors (Lipinski definition) is 0. The highest BCUT2D eigenvalue weighted by atomic mass is 14.0. The van der Waals surface area contributed by atoms with Crippen LogP contribution < -0.4 is 0 Å². The minimum Gasteiger partial charge on any atom is -0.0984 e. The van der Waals surface area contributed by atoms with Crippen molar-refractivity contribution in [3.05, 3.63) is 96.6 Å². The van der Waals surface area contributed by atoms with Gasteiger partial charge in [0.1, 0.15) is 0 Å². The first-order valence-corrected chi connectivity index (χ1v) is 7.46. The summed E-state index contributed by atoms with van der Waals surface area (Å²) in [6.07, 6.45) is 6.21. The van der Waals surface area contributed by atoms with Crippen LogP contribution in [0.3, 0.4) is 0 Å². The Labute approximate surface area is 129 Å². The van der Waals surface area contributed by atoms with Gasteiger partial charge in [0.2, 0.25) is 0 Å². The third-order valence-corrected chi connectivity index (χ3v) is 3.06. The van der Waals surface area contributed by atoms with Gasteiger partial charge in [-0.15, -0.1) is 0 Å². The second-order valence-corrected chi connectivity index (χ2v) is 4.28. The van der Waals surface area contributed by atoms with Gasteiger partial charge >= 0.3 is 0 Å². The molecule has 0 unspecified atom stereocenters. The van der Waals surface area contributed by atoms with E-state index in [9.17, 15) is 0 Å². The summed E-state index contributed by atoms with van der Waals surface area (Å²) in [5.74, 6) is 0. The molecule has 21 heavy (non-hydrogen) atoms. The average molecular weight is 276 g/mol. The summed E-state index contributed by atoms with van der Waals surface area (Å²) in [4.78, 5) is 0. The highest BCUT2D eigenvalue weighted by molar-refractivity contribution is 5.87. The second kappa shape index (κ2) is 9.55. The fourth-order valence-corrected chi connectivity index (χ4v) is 2.02. The van der Waals surface area contributed by atoms with Gasteiger partial charge in [0.25, 0.3) is 0 Å². The minimum absolute atomic E-state index is 1.14. The van der Waals surface area contributed by atoms with E-state index in [0.717, 1.165) is 5.57 Å². The van der Waals surface area contributed by atoms with Crippen LogP contribution in [0.5, 0.6) is 0 Å². The molecule has 0 amide bonds. The van der Waals surface area contributed by atoms with E-state index in [2.05, 4.69) is 62.1 Å². The first-order chi connectivity index (χ1) is 10.3. The van der Waals surface area contributed by atoms with Gasteiger partial charge in [-0.25, -0.2) is 0 Å². The van der Waals surface area contributed by atoms with Gasteiger partial charge in [-0.2, -0.15) is 0 Å². The topological polar surface area (TPSA) is 0 Å².